The minimum Gasteiger partial charge on any atom is -0.342 e. The molecule has 0 aromatic rings. The van der Waals surface area contributed by atoms with Crippen LogP contribution in [0.25, 0.3) is 0 Å². The summed E-state index contributed by atoms with van der Waals surface area (Å²) in [6.07, 6.45) is 2.37. The van der Waals surface area contributed by atoms with Crippen LogP contribution in [-0.4, -0.2) is 47.9 Å². The van der Waals surface area contributed by atoms with Gasteiger partial charge in [0, 0.05) is 32.2 Å². The van der Waals surface area contributed by atoms with Crippen molar-refractivity contribution < 1.29 is 4.79 Å². The molecule has 2 fully saturated rings. The zero-order valence-corrected chi connectivity index (χ0v) is 14.9. The number of nitrogens with zero attached hydrogens (tertiary/aromatic N) is 2. The summed E-state index contributed by atoms with van der Waals surface area (Å²) < 4.78 is 0. The number of rotatable bonds is 3. The Morgan fingerprint density at radius 3 is 2.10 bits per heavy atom. The lowest BCUT2D eigenvalue weighted by molar-refractivity contribution is -0.139. The first-order valence-electron chi connectivity index (χ1n) is 8.75. The van der Waals surface area contributed by atoms with Gasteiger partial charge in [-0.25, -0.2) is 0 Å². The fraction of sp³-hybridized carbons (Fsp3) is 0.944. The predicted molar refractivity (Wildman–Crippen MR) is 88.1 cm³/mol. The van der Waals surface area contributed by atoms with Crippen molar-refractivity contribution in [2.45, 2.75) is 60.4 Å². The standard InChI is InChI=1S/C18H34N2O/c1-13(2)15-7-9-19(10-8-15)17(21)16-11-20(14(3)4)12-18(16,5)6/h13-16H,7-12H2,1-6H3/t16-/m1/s1. The maximum absolute atomic E-state index is 13.0. The Kier molecular flexibility index (Phi) is 5.02. The van der Waals surface area contributed by atoms with E-state index in [1.54, 1.807) is 0 Å². The highest BCUT2D eigenvalue weighted by Crippen LogP contribution is 2.38. The molecule has 0 aromatic carbocycles. The number of piperidine rings is 1. The lowest BCUT2D eigenvalue weighted by Crippen LogP contribution is -2.46. The van der Waals surface area contributed by atoms with Gasteiger partial charge >= 0.3 is 0 Å². The van der Waals surface area contributed by atoms with Gasteiger partial charge in [0.15, 0.2) is 0 Å². The Balaban J connectivity index is 1.97. The van der Waals surface area contributed by atoms with Gasteiger partial charge in [-0.2, -0.15) is 0 Å². The summed E-state index contributed by atoms with van der Waals surface area (Å²) in [6.45, 7) is 17.5. The van der Waals surface area contributed by atoms with Crippen LogP contribution in [0.4, 0.5) is 0 Å². The molecule has 21 heavy (non-hydrogen) atoms. The average molecular weight is 294 g/mol. The van der Waals surface area contributed by atoms with E-state index >= 15 is 0 Å². The van der Waals surface area contributed by atoms with E-state index in [-0.39, 0.29) is 11.3 Å². The lowest BCUT2D eigenvalue weighted by atomic mass is 9.80. The second-order valence-corrected chi connectivity index (χ2v) is 8.47. The number of carbonyl (C=O) groups excluding carboxylic acids is 1. The fourth-order valence-corrected chi connectivity index (χ4v) is 3.99. The minimum absolute atomic E-state index is 0.107. The molecule has 0 saturated carbocycles. The van der Waals surface area contributed by atoms with Gasteiger partial charge in [0.2, 0.25) is 5.91 Å². The molecule has 2 aliphatic heterocycles. The minimum atomic E-state index is 0.107. The zero-order valence-electron chi connectivity index (χ0n) is 14.9. The molecule has 0 radical (unpaired) electrons. The van der Waals surface area contributed by atoms with E-state index in [0.717, 1.165) is 38.0 Å². The number of hydrogen-bond donors (Lipinski definition) is 0. The molecule has 0 aromatic heterocycles. The molecule has 3 heteroatoms. The van der Waals surface area contributed by atoms with E-state index in [2.05, 4.69) is 51.3 Å². The van der Waals surface area contributed by atoms with Crippen LogP contribution in [-0.2, 0) is 4.79 Å². The van der Waals surface area contributed by atoms with Crippen LogP contribution in [0.15, 0.2) is 0 Å². The van der Waals surface area contributed by atoms with Crippen LogP contribution in [0, 0.1) is 23.2 Å². The van der Waals surface area contributed by atoms with Crippen LogP contribution in [0.1, 0.15) is 54.4 Å². The molecule has 122 valence electrons. The Labute approximate surface area is 131 Å². The summed E-state index contributed by atoms with van der Waals surface area (Å²) in [4.78, 5) is 17.6. The molecule has 2 aliphatic rings. The smallest absolute Gasteiger partial charge is 0.227 e. The quantitative estimate of drug-likeness (QED) is 0.798. The van der Waals surface area contributed by atoms with Crippen LogP contribution in [0.2, 0.25) is 0 Å². The molecule has 0 aliphatic carbocycles. The summed E-state index contributed by atoms with van der Waals surface area (Å²) in [5, 5.41) is 0. The van der Waals surface area contributed by atoms with E-state index in [1.165, 1.54) is 12.8 Å². The highest BCUT2D eigenvalue weighted by molar-refractivity contribution is 5.80. The molecule has 2 rings (SSSR count). The van der Waals surface area contributed by atoms with Crippen molar-refractivity contribution in [2.24, 2.45) is 23.2 Å². The van der Waals surface area contributed by atoms with Crippen LogP contribution < -0.4 is 0 Å². The fourth-order valence-electron chi connectivity index (χ4n) is 3.99. The summed E-state index contributed by atoms with van der Waals surface area (Å²) >= 11 is 0. The van der Waals surface area contributed by atoms with Crippen molar-refractivity contribution in [3.05, 3.63) is 0 Å². The molecule has 1 amide bonds. The first-order chi connectivity index (χ1) is 9.72. The topological polar surface area (TPSA) is 23.6 Å². The van der Waals surface area contributed by atoms with E-state index in [1.807, 2.05) is 0 Å². The third-order valence-corrected chi connectivity index (χ3v) is 5.79. The number of carbonyl (C=O) groups is 1. The Morgan fingerprint density at radius 1 is 1.10 bits per heavy atom. The van der Waals surface area contributed by atoms with Crippen LogP contribution in [0.5, 0.6) is 0 Å². The summed E-state index contributed by atoms with van der Waals surface area (Å²) in [5.41, 5.74) is 0.107. The Bertz CT molecular complexity index is 367. The molecular formula is C18H34N2O. The molecule has 3 nitrogen and oxygen atoms in total. The zero-order chi connectivity index (χ0) is 15.8. The molecule has 2 saturated heterocycles. The first kappa shape index (κ1) is 16.8. The van der Waals surface area contributed by atoms with Crippen LogP contribution >= 0.6 is 0 Å². The van der Waals surface area contributed by atoms with Crippen molar-refractivity contribution in [1.29, 1.82) is 0 Å². The van der Waals surface area contributed by atoms with Gasteiger partial charge in [0.1, 0.15) is 0 Å². The van der Waals surface area contributed by atoms with Gasteiger partial charge in [-0.1, -0.05) is 27.7 Å². The van der Waals surface area contributed by atoms with Crippen molar-refractivity contribution in [1.82, 2.24) is 9.80 Å². The molecule has 0 spiro atoms. The lowest BCUT2D eigenvalue weighted by Gasteiger charge is -2.37. The number of hydrogen-bond acceptors (Lipinski definition) is 2. The van der Waals surface area contributed by atoms with E-state index in [4.69, 9.17) is 0 Å². The van der Waals surface area contributed by atoms with Gasteiger partial charge in [-0.05, 0) is 43.9 Å². The predicted octanol–water partition coefficient (Wildman–Crippen LogP) is 3.25. The van der Waals surface area contributed by atoms with E-state index in [0.29, 0.717) is 11.9 Å². The average Bonchev–Trinajstić information content (AvgIpc) is 2.74. The molecule has 0 N–H and O–H groups in total. The van der Waals surface area contributed by atoms with Gasteiger partial charge in [-0.15, -0.1) is 0 Å². The largest absolute Gasteiger partial charge is 0.342 e. The van der Waals surface area contributed by atoms with E-state index in [9.17, 15) is 4.79 Å². The van der Waals surface area contributed by atoms with Gasteiger partial charge < -0.3 is 4.90 Å². The first-order valence-corrected chi connectivity index (χ1v) is 8.75. The third-order valence-electron chi connectivity index (χ3n) is 5.79. The second kappa shape index (κ2) is 6.28. The Morgan fingerprint density at radius 2 is 1.67 bits per heavy atom. The highest BCUT2D eigenvalue weighted by atomic mass is 16.2. The monoisotopic (exact) mass is 294 g/mol. The summed E-state index contributed by atoms with van der Waals surface area (Å²) in [5.74, 6) is 2.14. The third kappa shape index (κ3) is 3.61. The maximum Gasteiger partial charge on any atom is 0.227 e. The van der Waals surface area contributed by atoms with Gasteiger partial charge in [-0.3, -0.25) is 9.69 Å². The van der Waals surface area contributed by atoms with Crippen molar-refractivity contribution in [3.63, 3.8) is 0 Å². The summed E-state index contributed by atoms with van der Waals surface area (Å²) in [7, 11) is 0. The number of likely N-dealkylation sites (tertiary alicyclic amines) is 2. The van der Waals surface area contributed by atoms with Gasteiger partial charge in [0.25, 0.3) is 0 Å². The van der Waals surface area contributed by atoms with Crippen molar-refractivity contribution in [2.75, 3.05) is 26.2 Å². The molecular weight excluding hydrogens is 260 g/mol. The SMILES string of the molecule is CC(C)C1CCN(C(=O)[C@H]2CN(C(C)C)CC2(C)C)CC1. The Hall–Kier alpha value is -0.570. The van der Waals surface area contributed by atoms with Crippen molar-refractivity contribution >= 4 is 5.91 Å². The van der Waals surface area contributed by atoms with Crippen molar-refractivity contribution in [3.8, 4) is 0 Å². The second-order valence-electron chi connectivity index (χ2n) is 8.47. The van der Waals surface area contributed by atoms with Gasteiger partial charge in [0.05, 0.1) is 5.92 Å². The molecule has 0 unspecified atom stereocenters. The highest BCUT2D eigenvalue weighted by Gasteiger charge is 2.45. The molecule has 2 heterocycles. The maximum atomic E-state index is 13.0. The number of amides is 1. The summed E-state index contributed by atoms with van der Waals surface area (Å²) in [6, 6.07) is 0.536. The molecule has 1 atom stereocenters. The molecule has 0 bridgehead atoms. The van der Waals surface area contributed by atoms with Crippen LogP contribution in [0.3, 0.4) is 0 Å². The normalized spacial score (nSPS) is 27.8. The van der Waals surface area contributed by atoms with E-state index < -0.39 is 0 Å².